The van der Waals surface area contributed by atoms with Crippen LogP contribution in [0.25, 0.3) is 0 Å². The van der Waals surface area contributed by atoms with Crippen molar-refractivity contribution in [3.8, 4) is 0 Å². The maximum absolute atomic E-state index is 5.97. The first-order chi connectivity index (χ1) is 10.2. The number of aliphatic imine (C=N–C) groups is 1. The Morgan fingerprint density at radius 3 is 2.90 bits per heavy atom. The van der Waals surface area contributed by atoms with Crippen molar-refractivity contribution in [2.45, 2.75) is 19.9 Å². The highest BCUT2D eigenvalue weighted by Crippen LogP contribution is 2.10. The molecule has 2 rings (SSSR count). The molecular weight excluding hydrogens is 304 g/mol. The van der Waals surface area contributed by atoms with Gasteiger partial charge in [0, 0.05) is 37.0 Å². The summed E-state index contributed by atoms with van der Waals surface area (Å²) in [6.07, 6.45) is 0.891. The van der Waals surface area contributed by atoms with Gasteiger partial charge in [-0.05, 0) is 24.6 Å². The molecule has 0 unspecified atom stereocenters. The summed E-state index contributed by atoms with van der Waals surface area (Å²) in [6, 6.07) is 7.79. The van der Waals surface area contributed by atoms with Gasteiger partial charge in [-0.15, -0.1) is 11.3 Å². The van der Waals surface area contributed by atoms with Crippen molar-refractivity contribution in [2.24, 2.45) is 4.99 Å². The monoisotopic (exact) mass is 322 g/mol. The van der Waals surface area contributed by atoms with Gasteiger partial charge in [0.05, 0.1) is 10.7 Å². The quantitative estimate of drug-likeness (QED) is 0.657. The van der Waals surface area contributed by atoms with E-state index < -0.39 is 0 Å². The number of rotatable bonds is 5. The third kappa shape index (κ3) is 5.36. The Balaban J connectivity index is 1.76. The molecule has 1 aromatic heterocycles. The Hall–Kier alpha value is -1.59. The Morgan fingerprint density at radius 2 is 2.24 bits per heavy atom. The maximum Gasteiger partial charge on any atom is 0.191 e. The minimum atomic E-state index is 0.691. The van der Waals surface area contributed by atoms with Crippen molar-refractivity contribution in [2.75, 3.05) is 13.6 Å². The molecule has 0 fully saturated rings. The lowest BCUT2D eigenvalue weighted by Gasteiger charge is -2.11. The molecule has 2 N–H and O–H groups in total. The second-order valence-corrected chi connectivity index (χ2v) is 6.09. The SMILES string of the molecule is CN=C(NCCc1csc(C)n1)NCc1cccc(Cl)c1. The summed E-state index contributed by atoms with van der Waals surface area (Å²) in [7, 11) is 1.76. The second kappa shape index (κ2) is 8.00. The zero-order valence-corrected chi connectivity index (χ0v) is 13.8. The van der Waals surface area contributed by atoms with E-state index in [1.54, 1.807) is 18.4 Å². The van der Waals surface area contributed by atoms with Gasteiger partial charge < -0.3 is 10.6 Å². The molecule has 0 amide bonds. The molecule has 0 radical (unpaired) electrons. The fourth-order valence-corrected chi connectivity index (χ4v) is 2.75. The zero-order chi connectivity index (χ0) is 15.1. The molecule has 0 spiro atoms. The highest BCUT2D eigenvalue weighted by Gasteiger charge is 2.01. The van der Waals surface area contributed by atoms with E-state index in [1.807, 2.05) is 31.2 Å². The first-order valence-electron chi connectivity index (χ1n) is 6.77. The number of nitrogens with one attached hydrogen (secondary N) is 2. The predicted octanol–water partition coefficient (Wildman–Crippen LogP) is 3.01. The van der Waals surface area contributed by atoms with E-state index in [0.29, 0.717) is 6.54 Å². The van der Waals surface area contributed by atoms with Gasteiger partial charge in [-0.2, -0.15) is 0 Å². The summed E-state index contributed by atoms with van der Waals surface area (Å²) in [4.78, 5) is 8.65. The number of hydrogen-bond acceptors (Lipinski definition) is 3. The minimum Gasteiger partial charge on any atom is -0.356 e. The molecule has 0 saturated carbocycles. The normalized spacial score (nSPS) is 11.5. The van der Waals surface area contributed by atoms with E-state index in [4.69, 9.17) is 11.6 Å². The number of aromatic nitrogens is 1. The van der Waals surface area contributed by atoms with Gasteiger partial charge in [-0.1, -0.05) is 23.7 Å². The summed E-state index contributed by atoms with van der Waals surface area (Å²) >= 11 is 7.65. The van der Waals surface area contributed by atoms with Crippen molar-refractivity contribution in [3.63, 3.8) is 0 Å². The molecule has 1 aromatic carbocycles. The fraction of sp³-hybridized carbons (Fsp3) is 0.333. The first kappa shape index (κ1) is 15.8. The molecule has 4 nitrogen and oxygen atoms in total. The van der Waals surface area contributed by atoms with Crippen LogP contribution in [0, 0.1) is 6.92 Å². The number of thiazole rings is 1. The number of halogens is 1. The molecule has 0 aliphatic heterocycles. The Morgan fingerprint density at radius 1 is 1.38 bits per heavy atom. The Labute approximate surface area is 134 Å². The summed E-state index contributed by atoms with van der Waals surface area (Å²) in [5, 5.41) is 10.5. The lowest BCUT2D eigenvalue weighted by atomic mass is 10.2. The van der Waals surface area contributed by atoms with E-state index in [2.05, 4.69) is 26.0 Å². The van der Waals surface area contributed by atoms with Crippen molar-refractivity contribution < 1.29 is 0 Å². The van der Waals surface area contributed by atoms with E-state index in [-0.39, 0.29) is 0 Å². The highest BCUT2D eigenvalue weighted by atomic mass is 35.5. The topological polar surface area (TPSA) is 49.3 Å². The molecule has 0 aliphatic carbocycles. The number of nitrogens with zero attached hydrogens (tertiary/aromatic N) is 2. The average Bonchev–Trinajstić information content (AvgIpc) is 2.88. The molecule has 1 heterocycles. The van der Waals surface area contributed by atoms with Gasteiger partial charge in [-0.25, -0.2) is 4.98 Å². The van der Waals surface area contributed by atoms with Crippen LogP contribution in [-0.4, -0.2) is 24.5 Å². The predicted molar refractivity (Wildman–Crippen MR) is 90.2 cm³/mol. The molecule has 0 atom stereocenters. The number of aryl methyl sites for hydroxylation is 1. The fourth-order valence-electron chi connectivity index (χ4n) is 1.89. The third-order valence-electron chi connectivity index (χ3n) is 2.91. The molecule has 6 heteroatoms. The van der Waals surface area contributed by atoms with Crippen LogP contribution >= 0.6 is 22.9 Å². The highest BCUT2D eigenvalue weighted by molar-refractivity contribution is 7.09. The van der Waals surface area contributed by atoms with Crippen LogP contribution in [0.5, 0.6) is 0 Å². The van der Waals surface area contributed by atoms with Crippen LogP contribution in [0.4, 0.5) is 0 Å². The summed E-state index contributed by atoms with van der Waals surface area (Å²) in [6.45, 7) is 3.52. The zero-order valence-electron chi connectivity index (χ0n) is 12.2. The molecule has 21 heavy (non-hydrogen) atoms. The van der Waals surface area contributed by atoms with E-state index in [0.717, 1.165) is 40.2 Å². The van der Waals surface area contributed by atoms with Gasteiger partial charge in [0.1, 0.15) is 0 Å². The van der Waals surface area contributed by atoms with Crippen molar-refractivity contribution in [1.29, 1.82) is 0 Å². The third-order valence-corrected chi connectivity index (χ3v) is 3.97. The summed E-state index contributed by atoms with van der Waals surface area (Å²) in [5.74, 6) is 0.780. The molecule has 112 valence electrons. The summed E-state index contributed by atoms with van der Waals surface area (Å²) < 4.78 is 0. The minimum absolute atomic E-state index is 0.691. The van der Waals surface area contributed by atoms with Crippen LogP contribution in [0.3, 0.4) is 0 Å². The molecule has 0 bridgehead atoms. The van der Waals surface area contributed by atoms with Crippen molar-refractivity contribution in [3.05, 3.63) is 50.9 Å². The molecule has 0 saturated heterocycles. The first-order valence-corrected chi connectivity index (χ1v) is 8.03. The second-order valence-electron chi connectivity index (χ2n) is 4.59. The maximum atomic E-state index is 5.97. The molecule has 0 aliphatic rings. The Bertz CT molecular complexity index is 609. The number of benzene rings is 1. The van der Waals surface area contributed by atoms with Crippen LogP contribution in [0.1, 0.15) is 16.3 Å². The van der Waals surface area contributed by atoms with Crippen molar-refractivity contribution in [1.82, 2.24) is 15.6 Å². The molecular formula is C15H19ClN4S. The van der Waals surface area contributed by atoms with Crippen molar-refractivity contribution >= 4 is 28.9 Å². The lowest BCUT2D eigenvalue weighted by Crippen LogP contribution is -2.37. The average molecular weight is 323 g/mol. The van der Waals surface area contributed by atoms with Gasteiger partial charge in [-0.3, -0.25) is 4.99 Å². The smallest absolute Gasteiger partial charge is 0.191 e. The van der Waals surface area contributed by atoms with Gasteiger partial charge in [0.15, 0.2) is 5.96 Å². The Kier molecular flexibility index (Phi) is 6.02. The lowest BCUT2D eigenvalue weighted by molar-refractivity contribution is 0.786. The standard InChI is InChI=1S/C15H19ClN4S/c1-11-20-14(10-21-11)6-7-18-15(17-2)19-9-12-4-3-5-13(16)8-12/h3-5,8,10H,6-7,9H2,1-2H3,(H2,17,18,19). The van der Waals surface area contributed by atoms with Gasteiger partial charge in [0.2, 0.25) is 0 Å². The van der Waals surface area contributed by atoms with Crippen LogP contribution in [0.15, 0.2) is 34.6 Å². The van der Waals surface area contributed by atoms with Gasteiger partial charge in [0.25, 0.3) is 0 Å². The van der Waals surface area contributed by atoms with E-state index in [1.165, 1.54) is 0 Å². The van der Waals surface area contributed by atoms with E-state index >= 15 is 0 Å². The summed E-state index contributed by atoms with van der Waals surface area (Å²) in [5.41, 5.74) is 2.25. The number of guanidine groups is 1. The molecule has 2 aromatic rings. The largest absolute Gasteiger partial charge is 0.356 e. The van der Waals surface area contributed by atoms with Gasteiger partial charge >= 0.3 is 0 Å². The number of hydrogen-bond donors (Lipinski definition) is 2. The van der Waals surface area contributed by atoms with Crippen LogP contribution in [-0.2, 0) is 13.0 Å². The van der Waals surface area contributed by atoms with Crippen LogP contribution in [0.2, 0.25) is 5.02 Å². The van der Waals surface area contributed by atoms with E-state index in [9.17, 15) is 0 Å². The van der Waals surface area contributed by atoms with Crippen LogP contribution < -0.4 is 10.6 Å².